The van der Waals surface area contributed by atoms with Crippen molar-refractivity contribution in [3.8, 4) is 12.3 Å². The number of carbonyl (C=O) groups is 1. The fourth-order valence-electron chi connectivity index (χ4n) is 0.258. The minimum atomic E-state index is -0.834. The predicted molar refractivity (Wildman–Crippen MR) is 36.5 cm³/mol. The Morgan fingerprint density at radius 1 is 1.90 bits per heavy atom. The van der Waals surface area contributed by atoms with Crippen LogP contribution in [-0.4, -0.2) is 29.7 Å². The first kappa shape index (κ1) is 9.28. The van der Waals surface area contributed by atoms with Gasteiger partial charge in [-0.3, -0.25) is 0 Å². The lowest BCUT2D eigenvalue weighted by Gasteiger charge is -2.04. The SMILES string of the molecule is C#CC(=O)OC[C@@H](O)CCl. The molecule has 0 aromatic carbocycles. The minimum absolute atomic E-state index is 0.0256. The lowest BCUT2D eigenvalue weighted by molar-refractivity contribution is -0.139. The van der Waals surface area contributed by atoms with E-state index >= 15 is 0 Å². The number of halogens is 1. The van der Waals surface area contributed by atoms with E-state index < -0.39 is 12.1 Å². The zero-order valence-corrected chi connectivity index (χ0v) is 5.97. The molecule has 56 valence electrons. The van der Waals surface area contributed by atoms with Gasteiger partial charge in [0.25, 0.3) is 0 Å². The van der Waals surface area contributed by atoms with Crippen LogP contribution in [0.1, 0.15) is 0 Å². The molecule has 0 spiro atoms. The number of aliphatic hydroxyl groups is 1. The summed E-state index contributed by atoms with van der Waals surface area (Å²) < 4.78 is 4.33. The lowest BCUT2D eigenvalue weighted by atomic mass is 10.4. The Morgan fingerprint density at radius 2 is 2.50 bits per heavy atom. The molecular formula is C6H7ClO3. The van der Waals surface area contributed by atoms with Gasteiger partial charge in [-0.1, -0.05) is 0 Å². The second-order valence-corrected chi connectivity index (χ2v) is 1.86. The van der Waals surface area contributed by atoms with Gasteiger partial charge in [-0.25, -0.2) is 4.79 Å². The maximum atomic E-state index is 10.2. The fourth-order valence-corrected chi connectivity index (χ4v) is 0.347. The van der Waals surface area contributed by atoms with Crippen LogP contribution in [0.2, 0.25) is 0 Å². The number of alkyl halides is 1. The molecule has 0 bridgehead atoms. The van der Waals surface area contributed by atoms with E-state index in [2.05, 4.69) is 11.2 Å². The Balaban J connectivity index is 3.37. The molecule has 0 aromatic rings. The van der Waals surface area contributed by atoms with Gasteiger partial charge >= 0.3 is 5.97 Å². The molecule has 0 fully saturated rings. The molecule has 0 aliphatic heterocycles. The van der Waals surface area contributed by atoms with Crippen molar-refractivity contribution in [2.24, 2.45) is 0 Å². The summed E-state index contributed by atoms with van der Waals surface area (Å²) in [6, 6.07) is 0. The lowest BCUT2D eigenvalue weighted by Crippen LogP contribution is -2.18. The van der Waals surface area contributed by atoms with Crippen molar-refractivity contribution in [3.05, 3.63) is 0 Å². The topological polar surface area (TPSA) is 46.5 Å². The van der Waals surface area contributed by atoms with Crippen LogP contribution >= 0.6 is 11.6 Å². The fraction of sp³-hybridized carbons (Fsp3) is 0.500. The van der Waals surface area contributed by atoms with Crippen molar-refractivity contribution >= 4 is 17.6 Å². The summed E-state index contributed by atoms with van der Waals surface area (Å²) in [6.07, 6.45) is 3.83. The maximum Gasteiger partial charge on any atom is 0.384 e. The average Bonchev–Trinajstić information content (AvgIpc) is 1.99. The van der Waals surface area contributed by atoms with E-state index in [1.54, 1.807) is 5.92 Å². The van der Waals surface area contributed by atoms with Gasteiger partial charge in [0.2, 0.25) is 0 Å². The zero-order valence-electron chi connectivity index (χ0n) is 5.21. The third-order valence-corrected chi connectivity index (χ3v) is 1.06. The molecule has 0 aromatic heterocycles. The first-order chi connectivity index (χ1) is 4.70. The van der Waals surface area contributed by atoms with Crippen molar-refractivity contribution in [2.75, 3.05) is 12.5 Å². The normalized spacial score (nSPS) is 11.7. The Kier molecular flexibility index (Phi) is 4.73. The molecule has 0 aliphatic carbocycles. The number of rotatable bonds is 3. The highest BCUT2D eigenvalue weighted by atomic mass is 35.5. The van der Waals surface area contributed by atoms with E-state index in [9.17, 15) is 4.79 Å². The van der Waals surface area contributed by atoms with Crippen molar-refractivity contribution in [3.63, 3.8) is 0 Å². The van der Waals surface area contributed by atoms with E-state index in [4.69, 9.17) is 16.7 Å². The van der Waals surface area contributed by atoms with Crippen LogP contribution in [0.5, 0.6) is 0 Å². The van der Waals surface area contributed by atoms with Crippen LogP contribution in [-0.2, 0) is 9.53 Å². The smallest absolute Gasteiger partial charge is 0.384 e. The monoisotopic (exact) mass is 162 g/mol. The summed E-state index contributed by atoms with van der Waals surface area (Å²) in [7, 11) is 0. The summed E-state index contributed by atoms with van der Waals surface area (Å²) in [4.78, 5) is 10.2. The van der Waals surface area contributed by atoms with E-state index in [1.807, 2.05) is 0 Å². The molecule has 0 unspecified atom stereocenters. The van der Waals surface area contributed by atoms with Gasteiger partial charge in [0.15, 0.2) is 0 Å². The van der Waals surface area contributed by atoms with Gasteiger partial charge in [-0.05, 0) is 0 Å². The van der Waals surface area contributed by atoms with Crippen molar-refractivity contribution in [2.45, 2.75) is 6.10 Å². The molecule has 4 heteroatoms. The second kappa shape index (κ2) is 5.10. The minimum Gasteiger partial charge on any atom is -0.453 e. The van der Waals surface area contributed by atoms with Gasteiger partial charge in [-0.15, -0.1) is 18.0 Å². The first-order valence-electron chi connectivity index (χ1n) is 2.58. The van der Waals surface area contributed by atoms with Crippen LogP contribution < -0.4 is 0 Å². The van der Waals surface area contributed by atoms with Gasteiger partial charge in [-0.2, -0.15) is 0 Å². The van der Waals surface area contributed by atoms with Crippen LogP contribution in [0, 0.1) is 12.3 Å². The Morgan fingerprint density at radius 3 is 2.90 bits per heavy atom. The molecule has 0 rings (SSSR count). The van der Waals surface area contributed by atoms with Gasteiger partial charge in [0.05, 0.1) is 5.88 Å². The number of esters is 1. The van der Waals surface area contributed by atoms with E-state index in [1.165, 1.54) is 0 Å². The first-order valence-corrected chi connectivity index (χ1v) is 3.11. The summed E-state index contributed by atoms with van der Waals surface area (Å²) in [5.74, 6) is 0.967. The molecule has 0 aliphatic rings. The third kappa shape index (κ3) is 4.19. The van der Waals surface area contributed by atoms with Crippen LogP contribution in [0.25, 0.3) is 0 Å². The summed E-state index contributed by atoms with van der Waals surface area (Å²) in [6.45, 7) is -0.146. The number of aliphatic hydroxyl groups excluding tert-OH is 1. The van der Waals surface area contributed by atoms with E-state index in [-0.39, 0.29) is 12.5 Å². The molecule has 0 saturated carbocycles. The van der Waals surface area contributed by atoms with Gasteiger partial charge < -0.3 is 9.84 Å². The third-order valence-electron chi connectivity index (χ3n) is 0.703. The molecule has 0 amide bonds. The quantitative estimate of drug-likeness (QED) is 0.270. The highest BCUT2D eigenvalue weighted by molar-refractivity contribution is 6.18. The second-order valence-electron chi connectivity index (χ2n) is 1.55. The van der Waals surface area contributed by atoms with Crippen molar-refractivity contribution in [1.82, 2.24) is 0 Å². The highest BCUT2D eigenvalue weighted by Gasteiger charge is 2.03. The van der Waals surface area contributed by atoms with Crippen molar-refractivity contribution < 1.29 is 14.6 Å². The van der Waals surface area contributed by atoms with Crippen molar-refractivity contribution in [1.29, 1.82) is 0 Å². The largest absolute Gasteiger partial charge is 0.453 e. The molecule has 10 heavy (non-hydrogen) atoms. The Bertz CT molecular complexity index is 150. The number of carbonyl (C=O) groups excluding carboxylic acids is 1. The van der Waals surface area contributed by atoms with Gasteiger partial charge in [0, 0.05) is 5.92 Å². The van der Waals surface area contributed by atoms with Crippen LogP contribution in [0.15, 0.2) is 0 Å². The average molecular weight is 163 g/mol. The number of hydrogen-bond donors (Lipinski definition) is 1. The molecule has 0 heterocycles. The molecule has 0 saturated heterocycles. The molecule has 1 N–H and O–H groups in total. The zero-order chi connectivity index (χ0) is 7.98. The molecule has 1 atom stereocenters. The number of ether oxygens (including phenoxy) is 1. The Hall–Kier alpha value is -0.720. The standard InChI is InChI=1S/C6H7ClO3/c1-2-6(9)10-4-5(8)3-7/h1,5,8H,3-4H2/t5-/m0/s1. The number of terminal acetylenes is 1. The predicted octanol–water partition coefficient (Wildman–Crippen LogP) is -0.237. The molecule has 3 nitrogen and oxygen atoms in total. The summed E-state index contributed by atoms with van der Waals surface area (Å²) >= 11 is 5.19. The highest BCUT2D eigenvalue weighted by Crippen LogP contribution is 1.88. The number of hydrogen-bond acceptors (Lipinski definition) is 3. The Labute approximate surface area is 63.9 Å². The summed E-state index contributed by atoms with van der Waals surface area (Å²) in [5.41, 5.74) is 0. The van der Waals surface area contributed by atoms with Crippen LogP contribution in [0.3, 0.4) is 0 Å². The molecular weight excluding hydrogens is 156 g/mol. The summed E-state index contributed by atoms with van der Waals surface area (Å²) in [5, 5.41) is 8.72. The van der Waals surface area contributed by atoms with E-state index in [0.717, 1.165) is 0 Å². The van der Waals surface area contributed by atoms with Gasteiger partial charge in [0.1, 0.15) is 12.7 Å². The van der Waals surface area contributed by atoms with Crippen LogP contribution in [0.4, 0.5) is 0 Å². The van der Waals surface area contributed by atoms with E-state index in [0.29, 0.717) is 0 Å². The molecule has 0 radical (unpaired) electrons. The maximum absolute atomic E-state index is 10.2.